The summed E-state index contributed by atoms with van der Waals surface area (Å²) >= 11 is 0. The Morgan fingerprint density at radius 3 is 2.68 bits per heavy atom. The van der Waals surface area contributed by atoms with Crippen LogP contribution in [0.1, 0.15) is 5.69 Å². The van der Waals surface area contributed by atoms with Crippen molar-refractivity contribution in [1.29, 1.82) is 5.26 Å². The van der Waals surface area contributed by atoms with E-state index in [4.69, 9.17) is 5.26 Å². The number of piperazine rings is 1. The Bertz CT molecular complexity index is 619. The summed E-state index contributed by atoms with van der Waals surface area (Å²) in [5.74, 6) is 0.510. The second kappa shape index (κ2) is 6.82. The van der Waals surface area contributed by atoms with Crippen molar-refractivity contribution >= 4 is 17.4 Å². The van der Waals surface area contributed by atoms with Crippen molar-refractivity contribution in [3.05, 3.63) is 27.9 Å². The summed E-state index contributed by atoms with van der Waals surface area (Å²) in [7, 11) is 1.60. The van der Waals surface area contributed by atoms with Gasteiger partial charge in [-0.1, -0.05) is 0 Å². The number of nitrogens with one attached hydrogen (secondary N) is 1. The lowest BCUT2D eigenvalue weighted by molar-refractivity contribution is -0.385. The summed E-state index contributed by atoms with van der Waals surface area (Å²) in [5.41, 5.74) is -0.472. The third-order valence-electron chi connectivity index (χ3n) is 3.50. The van der Waals surface area contributed by atoms with Crippen molar-refractivity contribution in [2.45, 2.75) is 0 Å². The summed E-state index contributed by atoms with van der Waals surface area (Å²) in [6.07, 6.45) is 0. The monoisotopic (exact) mass is 304 g/mol. The predicted octanol–water partition coefficient (Wildman–Crippen LogP) is -0.271. The highest BCUT2D eigenvalue weighted by molar-refractivity contribution is 5.77. The van der Waals surface area contributed by atoms with Crippen LogP contribution in [0.3, 0.4) is 0 Å². The average molecular weight is 304 g/mol. The van der Waals surface area contributed by atoms with E-state index >= 15 is 0 Å². The van der Waals surface area contributed by atoms with E-state index in [1.165, 1.54) is 6.07 Å². The van der Waals surface area contributed by atoms with Gasteiger partial charge < -0.3 is 10.2 Å². The summed E-state index contributed by atoms with van der Waals surface area (Å²) in [6.45, 7) is 3.02. The quantitative estimate of drug-likeness (QED) is 0.601. The predicted molar refractivity (Wildman–Crippen MR) is 78.3 cm³/mol. The van der Waals surface area contributed by atoms with E-state index in [0.717, 1.165) is 0 Å². The molecule has 22 heavy (non-hydrogen) atoms. The molecule has 1 aromatic rings. The molecule has 0 saturated carbocycles. The molecule has 1 saturated heterocycles. The van der Waals surface area contributed by atoms with Crippen molar-refractivity contribution in [1.82, 2.24) is 15.2 Å². The fourth-order valence-corrected chi connectivity index (χ4v) is 2.26. The standard InChI is InChI=1S/C13H16N6O3/c1-15-13(20)9-17-4-6-18(7-5-17)12-3-2-11(19(21)22)10(8-14)16-12/h2-3H,4-7,9H2,1H3,(H,15,20). The highest BCUT2D eigenvalue weighted by Gasteiger charge is 2.22. The van der Waals surface area contributed by atoms with E-state index in [-0.39, 0.29) is 17.3 Å². The maximum atomic E-state index is 11.3. The number of hydrogen-bond donors (Lipinski definition) is 1. The van der Waals surface area contributed by atoms with Gasteiger partial charge in [0.05, 0.1) is 11.5 Å². The third-order valence-corrected chi connectivity index (χ3v) is 3.50. The van der Waals surface area contributed by atoms with Crippen LogP contribution in [0.5, 0.6) is 0 Å². The Hall–Kier alpha value is -2.73. The molecule has 1 N–H and O–H groups in total. The number of aromatic nitrogens is 1. The molecule has 2 heterocycles. The van der Waals surface area contributed by atoms with Gasteiger partial charge in [0.1, 0.15) is 11.9 Å². The smallest absolute Gasteiger partial charge is 0.305 e. The molecule has 0 spiro atoms. The second-order valence-corrected chi connectivity index (χ2v) is 4.84. The summed E-state index contributed by atoms with van der Waals surface area (Å²) in [6, 6.07) is 4.61. The number of nitriles is 1. The number of pyridine rings is 1. The largest absolute Gasteiger partial charge is 0.358 e. The van der Waals surface area contributed by atoms with Gasteiger partial charge in [-0.3, -0.25) is 19.8 Å². The minimum atomic E-state index is -0.614. The van der Waals surface area contributed by atoms with E-state index in [9.17, 15) is 14.9 Å². The van der Waals surface area contributed by atoms with Crippen LogP contribution in [0, 0.1) is 21.4 Å². The molecular formula is C13H16N6O3. The lowest BCUT2D eigenvalue weighted by atomic mass is 10.2. The van der Waals surface area contributed by atoms with E-state index in [0.29, 0.717) is 38.5 Å². The number of carbonyl (C=O) groups excluding carboxylic acids is 1. The van der Waals surface area contributed by atoms with Crippen LogP contribution in [0.4, 0.5) is 11.5 Å². The average Bonchev–Trinajstić information content (AvgIpc) is 2.54. The van der Waals surface area contributed by atoms with E-state index in [2.05, 4.69) is 10.3 Å². The lowest BCUT2D eigenvalue weighted by Gasteiger charge is -2.34. The molecular weight excluding hydrogens is 288 g/mol. The van der Waals surface area contributed by atoms with Crippen LogP contribution in [-0.4, -0.2) is 60.5 Å². The number of carbonyl (C=O) groups is 1. The molecule has 0 aliphatic carbocycles. The molecule has 0 radical (unpaired) electrons. The molecule has 1 aromatic heterocycles. The molecule has 116 valence electrons. The van der Waals surface area contributed by atoms with Crippen LogP contribution >= 0.6 is 0 Å². The number of rotatable bonds is 4. The topological polar surface area (TPSA) is 115 Å². The highest BCUT2D eigenvalue weighted by Crippen LogP contribution is 2.21. The van der Waals surface area contributed by atoms with Gasteiger partial charge in [-0.25, -0.2) is 4.98 Å². The molecule has 0 unspecified atom stereocenters. The fraction of sp³-hybridized carbons (Fsp3) is 0.462. The van der Waals surface area contributed by atoms with Gasteiger partial charge in [-0.15, -0.1) is 0 Å². The second-order valence-electron chi connectivity index (χ2n) is 4.84. The van der Waals surface area contributed by atoms with Crippen LogP contribution in [0.2, 0.25) is 0 Å². The van der Waals surface area contributed by atoms with E-state index in [1.54, 1.807) is 19.2 Å². The van der Waals surface area contributed by atoms with Gasteiger partial charge >= 0.3 is 5.69 Å². The summed E-state index contributed by atoms with van der Waals surface area (Å²) in [5, 5.41) is 22.3. The highest BCUT2D eigenvalue weighted by atomic mass is 16.6. The zero-order valence-corrected chi connectivity index (χ0v) is 12.2. The third kappa shape index (κ3) is 3.48. The molecule has 9 nitrogen and oxygen atoms in total. The minimum Gasteiger partial charge on any atom is -0.358 e. The summed E-state index contributed by atoms with van der Waals surface area (Å²) in [4.78, 5) is 29.6. The SMILES string of the molecule is CNC(=O)CN1CCN(c2ccc([N+](=O)[O-])c(C#N)n2)CC1. The van der Waals surface area contributed by atoms with Gasteiger partial charge in [0.25, 0.3) is 0 Å². The van der Waals surface area contributed by atoms with E-state index < -0.39 is 4.92 Å². The fourth-order valence-electron chi connectivity index (χ4n) is 2.26. The Balaban J connectivity index is 2.04. The first kappa shape index (κ1) is 15.7. The molecule has 9 heteroatoms. The zero-order chi connectivity index (χ0) is 16.1. The molecule has 1 aliphatic rings. The van der Waals surface area contributed by atoms with Crippen LogP contribution in [0.15, 0.2) is 12.1 Å². The molecule has 2 rings (SSSR count). The zero-order valence-electron chi connectivity index (χ0n) is 12.2. The van der Waals surface area contributed by atoms with Gasteiger partial charge in [0.2, 0.25) is 11.6 Å². The van der Waals surface area contributed by atoms with Gasteiger partial charge in [0.15, 0.2) is 0 Å². The normalized spacial score (nSPS) is 15.2. The van der Waals surface area contributed by atoms with Crippen molar-refractivity contribution in [3.63, 3.8) is 0 Å². The van der Waals surface area contributed by atoms with Gasteiger partial charge in [-0.2, -0.15) is 5.26 Å². The Morgan fingerprint density at radius 2 is 2.14 bits per heavy atom. The maximum Gasteiger partial charge on any atom is 0.305 e. The minimum absolute atomic E-state index is 0.0336. The summed E-state index contributed by atoms with van der Waals surface area (Å²) < 4.78 is 0. The van der Waals surface area contributed by atoms with Crippen molar-refractivity contribution in [3.8, 4) is 6.07 Å². The van der Waals surface area contributed by atoms with Gasteiger partial charge in [-0.05, 0) is 6.07 Å². The van der Waals surface area contributed by atoms with Crippen molar-refractivity contribution < 1.29 is 9.72 Å². The number of hydrogen-bond acceptors (Lipinski definition) is 7. The number of likely N-dealkylation sites (N-methyl/N-ethyl adjacent to an activating group) is 1. The molecule has 0 atom stereocenters. The Morgan fingerprint density at radius 1 is 1.45 bits per heavy atom. The van der Waals surface area contributed by atoms with E-state index in [1.807, 2.05) is 9.80 Å². The maximum absolute atomic E-state index is 11.3. The number of nitro groups is 1. The van der Waals surface area contributed by atoms with Crippen LogP contribution in [-0.2, 0) is 4.79 Å². The first-order valence-electron chi connectivity index (χ1n) is 6.78. The first-order chi connectivity index (χ1) is 10.5. The van der Waals surface area contributed by atoms with Crippen molar-refractivity contribution in [2.75, 3.05) is 44.7 Å². The molecule has 1 aliphatic heterocycles. The number of nitrogens with zero attached hydrogens (tertiary/aromatic N) is 5. The van der Waals surface area contributed by atoms with Crippen molar-refractivity contribution in [2.24, 2.45) is 0 Å². The molecule has 0 bridgehead atoms. The molecule has 1 fully saturated rings. The van der Waals surface area contributed by atoms with Crippen LogP contribution < -0.4 is 10.2 Å². The number of amides is 1. The number of anilines is 1. The van der Waals surface area contributed by atoms with Gasteiger partial charge in [0, 0.05) is 39.3 Å². The Labute approximate surface area is 127 Å². The first-order valence-corrected chi connectivity index (χ1v) is 6.78. The Kier molecular flexibility index (Phi) is 4.85. The lowest BCUT2D eigenvalue weighted by Crippen LogP contribution is -2.49. The molecule has 1 amide bonds. The van der Waals surface area contributed by atoms with Crippen LogP contribution in [0.25, 0.3) is 0 Å². The molecule has 0 aromatic carbocycles.